The fourth-order valence-electron chi connectivity index (χ4n) is 2.88. The molecular weight excluding hydrogens is 415 g/mol. The molecule has 0 aliphatic rings. The van der Waals surface area contributed by atoms with Crippen molar-refractivity contribution in [1.29, 1.82) is 0 Å². The van der Waals surface area contributed by atoms with Crippen molar-refractivity contribution in [3.63, 3.8) is 0 Å². The number of hydrogen-bond acceptors (Lipinski definition) is 4. The van der Waals surface area contributed by atoms with Crippen LogP contribution in [-0.2, 0) is 6.18 Å². The Hall–Kier alpha value is -2.56. The van der Waals surface area contributed by atoms with Crippen LogP contribution >= 0.6 is 23.1 Å². The Balaban J connectivity index is 1.98. The summed E-state index contributed by atoms with van der Waals surface area (Å²) < 4.78 is 40.8. The van der Waals surface area contributed by atoms with E-state index in [4.69, 9.17) is 6.42 Å². The van der Waals surface area contributed by atoms with Crippen LogP contribution in [0.1, 0.15) is 32.6 Å². The first kappa shape index (κ1) is 21.2. The molecule has 1 aromatic carbocycles. The van der Waals surface area contributed by atoms with Crippen molar-refractivity contribution < 1.29 is 18.0 Å². The Labute approximate surface area is 175 Å². The van der Waals surface area contributed by atoms with E-state index in [1.54, 1.807) is 23.6 Å². The van der Waals surface area contributed by atoms with Gasteiger partial charge in [-0.15, -0.1) is 17.8 Å². The lowest BCUT2D eigenvalue weighted by molar-refractivity contribution is -0.138. The predicted octanol–water partition coefficient (Wildman–Crippen LogP) is 6.40. The zero-order valence-corrected chi connectivity index (χ0v) is 17.3. The van der Waals surface area contributed by atoms with E-state index in [1.807, 2.05) is 26.0 Å². The van der Waals surface area contributed by atoms with Crippen molar-refractivity contribution >= 4 is 28.9 Å². The van der Waals surface area contributed by atoms with Crippen LogP contribution in [0.25, 0.3) is 10.6 Å². The van der Waals surface area contributed by atoms with Crippen LogP contribution in [0.2, 0.25) is 0 Å². The number of Topliss-reactive ketones (excluding diaryl/α,β-unsaturated/α-hetero) is 1. The van der Waals surface area contributed by atoms with Crippen LogP contribution in [0.3, 0.4) is 0 Å². The second kappa shape index (κ2) is 8.44. The minimum absolute atomic E-state index is 0.0313. The van der Waals surface area contributed by atoms with E-state index in [1.165, 1.54) is 11.3 Å². The first-order valence-electron chi connectivity index (χ1n) is 8.56. The molecule has 0 unspecified atom stereocenters. The van der Waals surface area contributed by atoms with E-state index in [2.05, 4.69) is 10.9 Å². The Morgan fingerprint density at radius 1 is 1.24 bits per heavy atom. The summed E-state index contributed by atoms with van der Waals surface area (Å²) in [6, 6.07) is 9.85. The third-order valence-electron chi connectivity index (χ3n) is 4.23. The number of hydrogen-bond donors (Lipinski definition) is 0. The standard InChI is InChI=1S/C22H16F3NOS2/c1-4-15-17(22(23,24)25)11-18(20-6-5-9-28-20)26-21(15)29-12-19(27)16-8-7-13(2)10-14(16)3/h1,5-11H,12H2,2-3H3. The summed E-state index contributed by atoms with van der Waals surface area (Å²) in [4.78, 5) is 17.6. The summed E-state index contributed by atoms with van der Waals surface area (Å²) >= 11 is 2.22. The molecule has 0 saturated carbocycles. The topological polar surface area (TPSA) is 30.0 Å². The number of benzene rings is 1. The van der Waals surface area contributed by atoms with Crippen LogP contribution in [0, 0.1) is 26.2 Å². The largest absolute Gasteiger partial charge is 0.417 e. The van der Waals surface area contributed by atoms with Gasteiger partial charge in [-0.1, -0.05) is 47.5 Å². The minimum Gasteiger partial charge on any atom is -0.293 e. The van der Waals surface area contributed by atoms with Crippen molar-refractivity contribution in [2.24, 2.45) is 0 Å². The molecule has 0 fully saturated rings. The van der Waals surface area contributed by atoms with Crippen LogP contribution in [0.5, 0.6) is 0 Å². The number of pyridine rings is 1. The average molecular weight is 432 g/mol. The number of halogens is 3. The number of carbonyl (C=O) groups excluding carboxylic acids is 1. The zero-order valence-electron chi connectivity index (χ0n) is 15.6. The molecule has 3 aromatic rings. The fourth-order valence-corrected chi connectivity index (χ4v) is 4.46. The van der Waals surface area contributed by atoms with Crippen LogP contribution in [0.4, 0.5) is 13.2 Å². The Morgan fingerprint density at radius 3 is 2.59 bits per heavy atom. The molecule has 0 radical (unpaired) electrons. The quantitative estimate of drug-likeness (QED) is 0.266. The molecule has 148 valence electrons. The number of alkyl halides is 3. The lowest BCUT2D eigenvalue weighted by Crippen LogP contribution is -2.11. The van der Waals surface area contributed by atoms with Crippen molar-refractivity contribution in [3.8, 4) is 22.9 Å². The molecule has 2 nitrogen and oxygen atoms in total. The van der Waals surface area contributed by atoms with Gasteiger partial charge in [0.15, 0.2) is 5.78 Å². The SMILES string of the molecule is C#Cc1c(C(F)(F)F)cc(-c2cccs2)nc1SCC(=O)c1ccc(C)cc1C. The maximum absolute atomic E-state index is 13.6. The third kappa shape index (κ3) is 4.72. The summed E-state index contributed by atoms with van der Waals surface area (Å²) in [7, 11) is 0. The normalized spacial score (nSPS) is 11.3. The molecule has 0 spiro atoms. The highest BCUT2D eigenvalue weighted by atomic mass is 32.2. The summed E-state index contributed by atoms with van der Waals surface area (Å²) in [5.74, 6) is 1.87. The molecule has 7 heteroatoms. The first-order chi connectivity index (χ1) is 13.7. The van der Waals surface area contributed by atoms with Crippen LogP contribution < -0.4 is 0 Å². The molecule has 0 amide bonds. The van der Waals surface area contributed by atoms with Crippen molar-refractivity contribution in [2.75, 3.05) is 5.75 Å². The number of thiophene rings is 1. The second-order valence-electron chi connectivity index (χ2n) is 6.38. The molecule has 0 aliphatic heterocycles. The van der Waals surface area contributed by atoms with Gasteiger partial charge in [-0.3, -0.25) is 4.79 Å². The zero-order chi connectivity index (χ0) is 21.2. The van der Waals surface area contributed by atoms with Gasteiger partial charge in [0.1, 0.15) is 5.03 Å². The monoisotopic (exact) mass is 431 g/mol. The summed E-state index contributed by atoms with van der Waals surface area (Å²) in [5.41, 5.74) is 1.32. The number of rotatable bonds is 5. The van der Waals surface area contributed by atoms with Gasteiger partial charge in [-0.2, -0.15) is 13.2 Å². The highest BCUT2D eigenvalue weighted by molar-refractivity contribution is 8.00. The summed E-state index contributed by atoms with van der Waals surface area (Å²) in [5, 5.41) is 1.79. The lowest BCUT2D eigenvalue weighted by atomic mass is 10.0. The maximum atomic E-state index is 13.6. The molecule has 29 heavy (non-hydrogen) atoms. The molecule has 0 saturated heterocycles. The highest BCUT2D eigenvalue weighted by Crippen LogP contribution is 2.38. The van der Waals surface area contributed by atoms with E-state index >= 15 is 0 Å². The van der Waals surface area contributed by atoms with Gasteiger partial charge >= 0.3 is 6.18 Å². The van der Waals surface area contributed by atoms with E-state index in [0.717, 1.165) is 29.0 Å². The third-order valence-corrected chi connectivity index (χ3v) is 6.10. The number of terminal acetylenes is 1. The van der Waals surface area contributed by atoms with Gasteiger partial charge in [0.2, 0.25) is 0 Å². The Kier molecular flexibility index (Phi) is 6.15. The van der Waals surface area contributed by atoms with Crippen LogP contribution in [-0.4, -0.2) is 16.5 Å². The van der Waals surface area contributed by atoms with Crippen molar-refractivity contribution in [1.82, 2.24) is 4.98 Å². The number of thioether (sulfide) groups is 1. The van der Waals surface area contributed by atoms with E-state index < -0.39 is 11.7 Å². The van der Waals surface area contributed by atoms with E-state index in [0.29, 0.717) is 10.4 Å². The Morgan fingerprint density at radius 2 is 2.00 bits per heavy atom. The number of aromatic nitrogens is 1. The predicted molar refractivity (Wildman–Crippen MR) is 111 cm³/mol. The molecule has 0 N–H and O–H groups in total. The Bertz CT molecular complexity index is 1100. The van der Waals surface area contributed by atoms with Gasteiger partial charge in [0.05, 0.1) is 27.5 Å². The molecule has 2 aromatic heterocycles. The molecule has 3 rings (SSSR count). The second-order valence-corrected chi connectivity index (χ2v) is 8.30. The first-order valence-corrected chi connectivity index (χ1v) is 10.4. The lowest BCUT2D eigenvalue weighted by Gasteiger charge is -2.14. The molecular formula is C22H16F3NOS2. The molecule has 0 atom stereocenters. The van der Waals surface area contributed by atoms with Gasteiger partial charge < -0.3 is 0 Å². The average Bonchev–Trinajstić information content (AvgIpc) is 3.19. The molecule has 0 aliphatic carbocycles. The number of carbonyl (C=O) groups is 1. The minimum atomic E-state index is -4.62. The van der Waals surface area contributed by atoms with E-state index in [-0.39, 0.29) is 27.8 Å². The van der Waals surface area contributed by atoms with E-state index in [9.17, 15) is 18.0 Å². The fraction of sp³-hybridized carbons (Fsp3) is 0.182. The summed E-state index contributed by atoms with van der Waals surface area (Å²) in [6.45, 7) is 3.75. The van der Waals surface area contributed by atoms with Gasteiger partial charge in [0, 0.05) is 5.56 Å². The van der Waals surface area contributed by atoms with Gasteiger partial charge in [0.25, 0.3) is 0 Å². The number of aryl methyl sites for hydroxylation is 2. The van der Waals surface area contributed by atoms with Crippen molar-refractivity contribution in [2.45, 2.75) is 25.0 Å². The molecule has 2 heterocycles. The van der Waals surface area contributed by atoms with Gasteiger partial charge in [-0.25, -0.2) is 4.98 Å². The van der Waals surface area contributed by atoms with Crippen molar-refractivity contribution in [3.05, 3.63) is 69.6 Å². The number of ketones is 1. The maximum Gasteiger partial charge on any atom is 0.417 e. The highest BCUT2D eigenvalue weighted by Gasteiger charge is 2.35. The van der Waals surface area contributed by atoms with Crippen LogP contribution in [0.15, 0.2) is 46.8 Å². The number of nitrogens with zero attached hydrogens (tertiary/aromatic N) is 1. The summed E-state index contributed by atoms with van der Waals surface area (Å²) in [6.07, 6.45) is 0.768. The smallest absolute Gasteiger partial charge is 0.293 e. The van der Waals surface area contributed by atoms with Gasteiger partial charge in [-0.05, 0) is 36.9 Å². The molecule has 0 bridgehead atoms.